The van der Waals surface area contributed by atoms with E-state index in [0.29, 0.717) is 25.7 Å². The third kappa shape index (κ3) is 5.84. The molecule has 0 rings (SSSR count). The second-order valence-corrected chi connectivity index (χ2v) is 2.80. The Morgan fingerprint density at radius 3 is 2.64 bits per heavy atom. The monoisotopic (exact) mass is 156 g/mol. The van der Waals surface area contributed by atoms with Crippen molar-refractivity contribution in [3.8, 4) is 6.07 Å². The van der Waals surface area contributed by atoms with Crippen molar-refractivity contribution in [1.82, 2.24) is 4.90 Å². The standard InChI is InChI=1S/C8H16N2O/c1-8(10(2)3)7-11-6-4-5-9/h8H,4,6-7H2,1-3H3. The Bertz CT molecular complexity index is 129. The lowest BCUT2D eigenvalue weighted by Crippen LogP contribution is -2.29. The zero-order valence-electron chi connectivity index (χ0n) is 7.50. The zero-order chi connectivity index (χ0) is 8.69. The second kappa shape index (κ2) is 6.14. The fraction of sp³-hybridized carbons (Fsp3) is 0.875. The molecule has 1 unspecified atom stereocenters. The predicted octanol–water partition coefficient (Wildman–Crippen LogP) is 0.867. The smallest absolute Gasteiger partial charge is 0.0645 e. The van der Waals surface area contributed by atoms with Gasteiger partial charge >= 0.3 is 0 Å². The summed E-state index contributed by atoms with van der Waals surface area (Å²) < 4.78 is 5.23. The lowest BCUT2D eigenvalue weighted by atomic mass is 10.3. The molecule has 0 fully saturated rings. The van der Waals surface area contributed by atoms with Gasteiger partial charge in [-0.25, -0.2) is 0 Å². The Hall–Kier alpha value is -0.590. The highest BCUT2D eigenvalue weighted by molar-refractivity contribution is 4.67. The number of hydrogen-bond donors (Lipinski definition) is 0. The molecular formula is C8H16N2O. The molecule has 0 spiro atoms. The van der Waals surface area contributed by atoms with Crippen LogP contribution in [-0.4, -0.2) is 38.3 Å². The molecule has 0 saturated heterocycles. The van der Waals surface area contributed by atoms with Gasteiger partial charge in [-0.3, -0.25) is 0 Å². The van der Waals surface area contributed by atoms with Crippen LogP contribution in [0.2, 0.25) is 0 Å². The van der Waals surface area contributed by atoms with Crippen molar-refractivity contribution in [3.05, 3.63) is 0 Å². The largest absolute Gasteiger partial charge is 0.379 e. The number of rotatable bonds is 5. The lowest BCUT2D eigenvalue weighted by Gasteiger charge is -2.18. The van der Waals surface area contributed by atoms with Crippen LogP contribution < -0.4 is 0 Å². The molecule has 0 N–H and O–H groups in total. The van der Waals surface area contributed by atoms with Crippen LogP contribution in [-0.2, 0) is 4.74 Å². The van der Waals surface area contributed by atoms with E-state index in [4.69, 9.17) is 10.00 Å². The summed E-state index contributed by atoms with van der Waals surface area (Å²) in [5, 5.41) is 8.20. The lowest BCUT2D eigenvalue weighted by molar-refractivity contribution is 0.0897. The molecule has 0 aromatic rings. The molecule has 0 bridgehead atoms. The van der Waals surface area contributed by atoms with E-state index in [0.717, 1.165) is 0 Å². The van der Waals surface area contributed by atoms with E-state index in [1.165, 1.54) is 0 Å². The first-order chi connectivity index (χ1) is 5.18. The van der Waals surface area contributed by atoms with E-state index in [9.17, 15) is 0 Å². The van der Waals surface area contributed by atoms with E-state index < -0.39 is 0 Å². The normalized spacial score (nSPS) is 13.0. The zero-order valence-corrected chi connectivity index (χ0v) is 7.50. The molecular weight excluding hydrogens is 140 g/mol. The number of nitriles is 1. The van der Waals surface area contributed by atoms with E-state index in [1.54, 1.807) is 0 Å². The summed E-state index contributed by atoms with van der Waals surface area (Å²) in [5.41, 5.74) is 0. The molecule has 11 heavy (non-hydrogen) atoms. The molecule has 0 radical (unpaired) electrons. The van der Waals surface area contributed by atoms with Crippen LogP contribution in [0.25, 0.3) is 0 Å². The Kier molecular flexibility index (Phi) is 5.81. The topological polar surface area (TPSA) is 36.3 Å². The minimum atomic E-state index is 0.425. The predicted molar refractivity (Wildman–Crippen MR) is 44.2 cm³/mol. The first-order valence-corrected chi connectivity index (χ1v) is 3.79. The van der Waals surface area contributed by atoms with Gasteiger partial charge in [0.2, 0.25) is 0 Å². The van der Waals surface area contributed by atoms with Gasteiger partial charge in [0.15, 0.2) is 0 Å². The van der Waals surface area contributed by atoms with Gasteiger partial charge in [0.05, 0.1) is 25.7 Å². The maximum atomic E-state index is 8.20. The molecule has 3 nitrogen and oxygen atoms in total. The fourth-order valence-electron chi connectivity index (χ4n) is 0.521. The van der Waals surface area contributed by atoms with Crippen LogP contribution in [0.15, 0.2) is 0 Å². The van der Waals surface area contributed by atoms with Gasteiger partial charge in [0, 0.05) is 6.04 Å². The average Bonchev–Trinajstić information content (AvgIpc) is 1.97. The summed E-state index contributed by atoms with van der Waals surface area (Å²) in [6, 6.07) is 2.46. The second-order valence-electron chi connectivity index (χ2n) is 2.80. The molecule has 0 heterocycles. The van der Waals surface area contributed by atoms with E-state index in [2.05, 4.69) is 11.8 Å². The highest BCUT2D eigenvalue weighted by atomic mass is 16.5. The van der Waals surface area contributed by atoms with Gasteiger partial charge in [-0.15, -0.1) is 0 Å². The Labute approximate surface area is 68.6 Å². The van der Waals surface area contributed by atoms with Crippen molar-refractivity contribution < 1.29 is 4.74 Å². The van der Waals surface area contributed by atoms with Crippen LogP contribution in [0.4, 0.5) is 0 Å². The Morgan fingerprint density at radius 1 is 1.55 bits per heavy atom. The van der Waals surface area contributed by atoms with Crippen molar-refractivity contribution in [3.63, 3.8) is 0 Å². The number of nitrogens with zero attached hydrogens (tertiary/aromatic N) is 2. The van der Waals surface area contributed by atoms with E-state index in [1.807, 2.05) is 20.2 Å². The summed E-state index contributed by atoms with van der Waals surface area (Å²) in [6.45, 7) is 3.34. The van der Waals surface area contributed by atoms with Crippen molar-refractivity contribution in [1.29, 1.82) is 5.26 Å². The van der Waals surface area contributed by atoms with Crippen molar-refractivity contribution in [2.24, 2.45) is 0 Å². The van der Waals surface area contributed by atoms with Gasteiger partial charge in [0.25, 0.3) is 0 Å². The Morgan fingerprint density at radius 2 is 2.18 bits per heavy atom. The molecule has 0 saturated carbocycles. The number of hydrogen-bond acceptors (Lipinski definition) is 3. The number of likely N-dealkylation sites (N-methyl/N-ethyl adjacent to an activating group) is 1. The van der Waals surface area contributed by atoms with E-state index >= 15 is 0 Å². The number of ether oxygens (including phenoxy) is 1. The maximum Gasteiger partial charge on any atom is 0.0645 e. The highest BCUT2D eigenvalue weighted by Crippen LogP contribution is 1.92. The first kappa shape index (κ1) is 10.4. The molecule has 0 aliphatic heterocycles. The van der Waals surface area contributed by atoms with Crippen molar-refractivity contribution in [2.45, 2.75) is 19.4 Å². The SMILES string of the molecule is CC(COCCC#N)N(C)C. The van der Waals surface area contributed by atoms with Crippen molar-refractivity contribution >= 4 is 0 Å². The van der Waals surface area contributed by atoms with Gasteiger partial charge in [0.1, 0.15) is 0 Å². The first-order valence-electron chi connectivity index (χ1n) is 3.79. The molecule has 64 valence electrons. The molecule has 1 atom stereocenters. The van der Waals surface area contributed by atoms with Gasteiger partial charge < -0.3 is 9.64 Å². The molecule has 0 amide bonds. The average molecular weight is 156 g/mol. The van der Waals surface area contributed by atoms with Gasteiger partial charge in [-0.05, 0) is 21.0 Å². The molecule has 3 heteroatoms. The van der Waals surface area contributed by atoms with Crippen LogP contribution in [0, 0.1) is 11.3 Å². The van der Waals surface area contributed by atoms with Crippen LogP contribution in [0.1, 0.15) is 13.3 Å². The summed E-state index contributed by atoms with van der Waals surface area (Å²) in [5.74, 6) is 0. The molecule has 0 aliphatic rings. The van der Waals surface area contributed by atoms with Crippen LogP contribution >= 0.6 is 0 Å². The van der Waals surface area contributed by atoms with Gasteiger partial charge in [-0.1, -0.05) is 0 Å². The third-order valence-electron chi connectivity index (χ3n) is 1.60. The van der Waals surface area contributed by atoms with Gasteiger partial charge in [-0.2, -0.15) is 5.26 Å². The Balaban J connectivity index is 3.19. The third-order valence-corrected chi connectivity index (χ3v) is 1.60. The summed E-state index contributed by atoms with van der Waals surface area (Å²) >= 11 is 0. The minimum Gasteiger partial charge on any atom is -0.379 e. The molecule has 0 aromatic heterocycles. The summed E-state index contributed by atoms with van der Waals surface area (Å²) in [6.07, 6.45) is 0.486. The maximum absolute atomic E-state index is 8.20. The van der Waals surface area contributed by atoms with Crippen LogP contribution in [0.3, 0.4) is 0 Å². The fourth-order valence-corrected chi connectivity index (χ4v) is 0.521. The minimum absolute atomic E-state index is 0.425. The highest BCUT2D eigenvalue weighted by Gasteiger charge is 2.02. The molecule has 0 aromatic carbocycles. The summed E-state index contributed by atoms with van der Waals surface area (Å²) in [7, 11) is 4.02. The van der Waals surface area contributed by atoms with Crippen molar-refractivity contribution in [2.75, 3.05) is 27.3 Å². The van der Waals surface area contributed by atoms with Crippen LogP contribution in [0.5, 0.6) is 0 Å². The molecule has 0 aliphatic carbocycles. The quantitative estimate of drug-likeness (QED) is 0.554. The summed E-state index contributed by atoms with van der Waals surface area (Å²) in [4.78, 5) is 2.09. The van der Waals surface area contributed by atoms with E-state index in [-0.39, 0.29) is 0 Å².